The number of hydrogen-bond donors (Lipinski definition) is 0. The summed E-state index contributed by atoms with van der Waals surface area (Å²) in [6.07, 6.45) is 1.58. The van der Waals surface area contributed by atoms with E-state index in [-0.39, 0.29) is 11.6 Å². The molecule has 0 amide bonds. The molecule has 0 N–H and O–H groups in total. The number of carbonyl (C=O) groups excluding carboxylic acids is 1. The standard InChI is InChI=1S/C20H12Cl2N2O2/c1-11-2-3-13-9-14(18(22)23-16(13)8-11)10-17-20(25)26-19(24-17)12-4-6-15(21)7-5-12/h2-10H,1H3/b17-10+. The second-order valence-electron chi connectivity index (χ2n) is 5.91. The number of carbonyl (C=O) groups is 1. The lowest BCUT2D eigenvalue weighted by Crippen LogP contribution is -2.05. The number of aryl methyl sites for hydroxylation is 1. The molecular formula is C20H12Cl2N2O2. The topological polar surface area (TPSA) is 51.5 Å². The van der Waals surface area contributed by atoms with E-state index < -0.39 is 5.97 Å². The van der Waals surface area contributed by atoms with E-state index in [4.69, 9.17) is 27.9 Å². The van der Waals surface area contributed by atoms with E-state index in [9.17, 15) is 4.79 Å². The number of aliphatic imine (C=N–C) groups is 1. The van der Waals surface area contributed by atoms with E-state index in [0.29, 0.717) is 21.3 Å². The normalized spacial score (nSPS) is 15.4. The summed E-state index contributed by atoms with van der Waals surface area (Å²) in [6.45, 7) is 1.99. The first-order chi connectivity index (χ1) is 12.5. The monoisotopic (exact) mass is 382 g/mol. The summed E-state index contributed by atoms with van der Waals surface area (Å²) < 4.78 is 5.25. The molecule has 1 aromatic heterocycles. The number of nitrogens with zero attached hydrogens (tertiary/aromatic N) is 2. The first-order valence-electron chi connectivity index (χ1n) is 7.85. The van der Waals surface area contributed by atoms with Gasteiger partial charge >= 0.3 is 5.97 Å². The second-order valence-corrected chi connectivity index (χ2v) is 6.70. The predicted molar refractivity (Wildman–Crippen MR) is 104 cm³/mol. The molecule has 2 heterocycles. The van der Waals surface area contributed by atoms with Crippen LogP contribution in [0.5, 0.6) is 0 Å². The van der Waals surface area contributed by atoms with Crippen LogP contribution in [0.4, 0.5) is 0 Å². The number of aromatic nitrogens is 1. The highest BCUT2D eigenvalue weighted by atomic mass is 35.5. The van der Waals surface area contributed by atoms with Crippen LogP contribution in [0.15, 0.2) is 59.2 Å². The number of fused-ring (bicyclic) bond motifs is 1. The maximum atomic E-state index is 12.2. The van der Waals surface area contributed by atoms with E-state index in [1.165, 1.54) is 0 Å². The molecule has 4 nitrogen and oxygen atoms in total. The van der Waals surface area contributed by atoms with Gasteiger partial charge in [0.25, 0.3) is 0 Å². The van der Waals surface area contributed by atoms with E-state index in [2.05, 4.69) is 9.98 Å². The maximum absolute atomic E-state index is 12.2. The van der Waals surface area contributed by atoms with Gasteiger partial charge in [-0.05, 0) is 55.0 Å². The molecule has 128 valence electrons. The van der Waals surface area contributed by atoms with Gasteiger partial charge in [-0.25, -0.2) is 14.8 Å². The Hall–Kier alpha value is -2.69. The molecule has 0 saturated heterocycles. The molecule has 2 aromatic carbocycles. The van der Waals surface area contributed by atoms with E-state index >= 15 is 0 Å². The van der Waals surface area contributed by atoms with Gasteiger partial charge in [-0.3, -0.25) is 0 Å². The van der Waals surface area contributed by atoms with E-state index in [1.807, 2.05) is 31.2 Å². The van der Waals surface area contributed by atoms with Crippen LogP contribution in [0.3, 0.4) is 0 Å². The van der Waals surface area contributed by atoms with Crippen LogP contribution in [-0.2, 0) is 9.53 Å². The lowest BCUT2D eigenvalue weighted by atomic mass is 10.1. The third-order valence-corrected chi connectivity index (χ3v) is 4.51. The molecule has 1 aliphatic heterocycles. The minimum absolute atomic E-state index is 0.171. The number of cyclic esters (lactones) is 1. The van der Waals surface area contributed by atoms with Crippen molar-refractivity contribution in [2.75, 3.05) is 0 Å². The van der Waals surface area contributed by atoms with Gasteiger partial charge in [0.05, 0.1) is 5.52 Å². The summed E-state index contributed by atoms with van der Waals surface area (Å²) in [7, 11) is 0. The number of hydrogen-bond acceptors (Lipinski definition) is 4. The Bertz CT molecular complexity index is 1100. The Morgan fingerprint density at radius 2 is 1.81 bits per heavy atom. The van der Waals surface area contributed by atoms with Crippen molar-refractivity contribution in [3.05, 3.63) is 81.1 Å². The number of rotatable bonds is 2. The fourth-order valence-electron chi connectivity index (χ4n) is 2.64. The van der Waals surface area contributed by atoms with Crippen LogP contribution in [0.2, 0.25) is 10.2 Å². The lowest BCUT2D eigenvalue weighted by Gasteiger charge is -2.03. The van der Waals surface area contributed by atoms with E-state index in [1.54, 1.807) is 30.3 Å². The quantitative estimate of drug-likeness (QED) is 0.348. The van der Waals surface area contributed by atoms with Crippen molar-refractivity contribution in [3.63, 3.8) is 0 Å². The molecule has 4 rings (SSSR count). The van der Waals surface area contributed by atoms with Crippen molar-refractivity contribution in [3.8, 4) is 0 Å². The number of ether oxygens (including phenoxy) is 1. The summed E-state index contributed by atoms with van der Waals surface area (Å²) >= 11 is 12.2. The molecule has 0 fully saturated rings. The van der Waals surface area contributed by atoms with Crippen LogP contribution in [-0.4, -0.2) is 16.9 Å². The zero-order valence-electron chi connectivity index (χ0n) is 13.7. The molecule has 0 aliphatic carbocycles. The first-order valence-corrected chi connectivity index (χ1v) is 8.60. The highest BCUT2D eigenvalue weighted by Crippen LogP contribution is 2.26. The summed E-state index contributed by atoms with van der Waals surface area (Å²) in [4.78, 5) is 20.8. The Morgan fingerprint density at radius 3 is 2.58 bits per heavy atom. The van der Waals surface area contributed by atoms with Gasteiger partial charge < -0.3 is 4.74 Å². The largest absolute Gasteiger partial charge is 0.402 e. The summed E-state index contributed by atoms with van der Waals surface area (Å²) in [5, 5.41) is 1.83. The van der Waals surface area contributed by atoms with Gasteiger partial charge in [0.15, 0.2) is 5.70 Å². The molecule has 0 radical (unpaired) electrons. The zero-order valence-corrected chi connectivity index (χ0v) is 15.2. The van der Waals surface area contributed by atoms with Crippen molar-refractivity contribution in [2.45, 2.75) is 6.92 Å². The molecule has 26 heavy (non-hydrogen) atoms. The third kappa shape index (κ3) is 3.21. The molecule has 0 atom stereocenters. The van der Waals surface area contributed by atoms with Gasteiger partial charge in [0.1, 0.15) is 5.15 Å². The Kier molecular flexibility index (Phi) is 4.23. The molecule has 6 heteroatoms. The molecule has 0 saturated carbocycles. The van der Waals surface area contributed by atoms with Crippen LogP contribution in [0.25, 0.3) is 17.0 Å². The van der Waals surface area contributed by atoms with Crippen LogP contribution >= 0.6 is 23.2 Å². The summed E-state index contributed by atoms with van der Waals surface area (Å²) in [5.41, 5.74) is 3.35. The Labute approximate surface area is 159 Å². The smallest absolute Gasteiger partial charge is 0.363 e. The minimum atomic E-state index is -0.532. The Morgan fingerprint density at radius 1 is 1.04 bits per heavy atom. The van der Waals surface area contributed by atoms with Crippen molar-refractivity contribution in [1.82, 2.24) is 4.98 Å². The van der Waals surface area contributed by atoms with Gasteiger partial charge in [-0.15, -0.1) is 0 Å². The van der Waals surface area contributed by atoms with Gasteiger partial charge in [0.2, 0.25) is 5.90 Å². The fraction of sp³-hybridized carbons (Fsp3) is 0.0500. The zero-order chi connectivity index (χ0) is 18.3. The molecule has 3 aromatic rings. The van der Waals surface area contributed by atoms with Crippen LogP contribution in [0.1, 0.15) is 16.7 Å². The minimum Gasteiger partial charge on any atom is -0.402 e. The SMILES string of the molecule is Cc1ccc2cc(/C=C3/N=C(c4ccc(Cl)cc4)OC3=O)c(Cl)nc2c1. The summed E-state index contributed by atoms with van der Waals surface area (Å²) in [5.74, 6) is -0.298. The fourth-order valence-corrected chi connectivity index (χ4v) is 2.97. The van der Waals surface area contributed by atoms with Gasteiger partial charge in [-0.2, -0.15) is 0 Å². The first kappa shape index (κ1) is 16.8. The van der Waals surface area contributed by atoms with Gasteiger partial charge in [0, 0.05) is 21.5 Å². The number of esters is 1. The highest BCUT2D eigenvalue weighted by Gasteiger charge is 2.24. The molecule has 1 aliphatic rings. The average Bonchev–Trinajstić information content (AvgIpc) is 2.97. The average molecular weight is 383 g/mol. The second kappa shape index (κ2) is 6.56. The molecule has 0 unspecified atom stereocenters. The Balaban J connectivity index is 1.74. The van der Waals surface area contributed by atoms with Gasteiger partial charge in [-0.1, -0.05) is 35.3 Å². The van der Waals surface area contributed by atoms with Crippen molar-refractivity contribution in [1.29, 1.82) is 0 Å². The summed E-state index contributed by atoms with van der Waals surface area (Å²) in [6, 6.07) is 14.7. The lowest BCUT2D eigenvalue weighted by molar-refractivity contribution is -0.129. The number of pyridine rings is 1. The van der Waals surface area contributed by atoms with E-state index in [0.717, 1.165) is 16.5 Å². The molecule has 0 spiro atoms. The predicted octanol–water partition coefficient (Wildman–Crippen LogP) is 5.19. The van der Waals surface area contributed by atoms with Crippen molar-refractivity contribution < 1.29 is 9.53 Å². The number of halogens is 2. The highest BCUT2D eigenvalue weighted by molar-refractivity contribution is 6.31. The van der Waals surface area contributed by atoms with Crippen molar-refractivity contribution in [2.24, 2.45) is 4.99 Å². The van der Waals surface area contributed by atoms with Crippen LogP contribution < -0.4 is 0 Å². The maximum Gasteiger partial charge on any atom is 0.363 e. The third-order valence-electron chi connectivity index (χ3n) is 3.96. The molecular weight excluding hydrogens is 371 g/mol. The van der Waals surface area contributed by atoms with Crippen LogP contribution in [0, 0.1) is 6.92 Å². The number of benzene rings is 2. The molecule has 0 bridgehead atoms. The van der Waals surface area contributed by atoms with Crippen molar-refractivity contribution >= 4 is 52.0 Å².